The Kier molecular flexibility index (Phi) is 6.04. The second-order valence-electron chi connectivity index (χ2n) is 6.42. The predicted octanol–water partition coefficient (Wildman–Crippen LogP) is 4.96. The monoisotopic (exact) mass is 421 g/mol. The zero-order valence-corrected chi connectivity index (χ0v) is 17.4. The fourth-order valence-electron chi connectivity index (χ4n) is 2.88. The minimum absolute atomic E-state index is 0.270. The van der Waals surface area contributed by atoms with Crippen molar-refractivity contribution in [1.29, 1.82) is 0 Å². The van der Waals surface area contributed by atoms with Crippen molar-refractivity contribution >= 4 is 28.9 Å². The van der Waals surface area contributed by atoms with Crippen molar-refractivity contribution < 1.29 is 9.13 Å². The summed E-state index contributed by atoms with van der Waals surface area (Å²) in [5.41, 5.74) is 3.55. The largest absolute Gasteiger partial charge is 0.476 e. The first-order chi connectivity index (χ1) is 14.7. The lowest BCUT2D eigenvalue weighted by Crippen LogP contribution is -2.07. The van der Waals surface area contributed by atoms with Gasteiger partial charge in [-0.2, -0.15) is 9.97 Å². The molecule has 0 unspecified atom stereocenters. The van der Waals surface area contributed by atoms with Crippen LogP contribution in [0.2, 0.25) is 0 Å². The summed E-state index contributed by atoms with van der Waals surface area (Å²) in [5, 5.41) is 3.14. The number of ether oxygens (including phenoxy) is 1. The fourth-order valence-corrected chi connectivity index (χ4v) is 3.29. The third-order valence-electron chi connectivity index (χ3n) is 4.41. The number of benzene rings is 2. The van der Waals surface area contributed by atoms with Crippen molar-refractivity contribution in [3.05, 3.63) is 66.1 Å². The Bertz CT molecular complexity index is 1150. The zero-order chi connectivity index (χ0) is 20.9. The molecule has 0 aliphatic heterocycles. The predicted molar refractivity (Wildman–Crippen MR) is 117 cm³/mol. The standard InChI is InChI=1S/C22H20FN5OS/c1-3-29-21-19-20(24-13-18(26-19)15-6-10-17(30-2)11-7-15)27-22(28-21)25-12-14-4-8-16(23)9-5-14/h4-11,13H,3,12H2,1-2H3,(H,24,25,27,28). The molecule has 2 aromatic carbocycles. The average molecular weight is 422 g/mol. The third kappa shape index (κ3) is 4.49. The summed E-state index contributed by atoms with van der Waals surface area (Å²) in [6.07, 6.45) is 3.74. The van der Waals surface area contributed by atoms with Gasteiger partial charge in [-0.1, -0.05) is 24.3 Å². The van der Waals surface area contributed by atoms with E-state index in [0.717, 1.165) is 16.8 Å². The molecule has 0 spiro atoms. The zero-order valence-electron chi connectivity index (χ0n) is 16.6. The molecule has 152 valence electrons. The molecule has 4 aromatic rings. The number of rotatable bonds is 7. The Hall–Kier alpha value is -3.26. The summed E-state index contributed by atoms with van der Waals surface area (Å²) in [6.45, 7) is 2.78. The van der Waals surface area contributed by atoms with Crippen LogP contribution >= 0.6 is 11.8 Å². The maximum atomic E-state index is 13.1. The van der Waals surface area contributed by atoms with Gasteiger partial charge in [0.25, 0.3) is 0 Å². The SMILES string of the molecule is CCOc1nc(NCc2ccc(F)cc2)nc2ncc(-c3ccc(SC)cc3)nc12. The molecule has 0 aliphatic carbocycles. The number of aromatic nitrogens is 4. The van der Waals surface area contributed by atoms with E-state index in [1.54, 1.807) is 30.1 Å². The lowest BCUT2D eigenvalue weighted by Gasteiger charge is -2.10. The minimum Gasteiger partial charge on any atom is -0.476 e. The Labute approximate surface area is 178 Å². The fraction of sp³-hybridized carbons (Fsp3) is 0.182. The molecule has 0 amide bonds. The first-order valence-corrected chi connectivity index (χ1v) is 10.7. The molecular formula is C22H20FN5OS. The molecule has 30 heavy (non-hydrogen) atoms. The molecule has 0 saturated carbocycles. The van der Waals surface area contributed by atoms with E-state index in [1.165, 1.54) is 17.0 Å². The molecule has 4 rings (SSSR count). The lowest BCUT2D eigenvalue weighted by molar-refractivity contribution is 0.330. The summed E-state index contributed by atoms with van der Waals surface area (Å²) < 4.78 is 18.8. The number of hydrogen-bond acceptors (Lipinski definition) is 7. The van der Waals surface area contributed by atoms with Crippen LogP contribution in [-0.2, 0) is 6.54 Å². The quantitative estimate of drug-likeness (QED) is 0.423. The second-order valence-corrected chi connectivity index (χ2v) is 7.30. The summed E-state index contributed by atoms with van der Waals surface area (Å²) in [4.78, 5) is 19.3. The van der Waals surface area contributed by atoms with Crippen molar-refractivity contribution in [3.63, 3.8) is 0 Å². The van der Waals surface area contributed by atoms with Gasteiger partial charge in [-0.15, -0.1) is 11.8 Å². The van der Waals surface area contributed by atoms with E-state index in [4.69, 9.17) is 9.72 Å². The van der Waals surface area contributed by atoms with Gasteiger partial charge >= 0.3 is 0 Å². The van der Waals surface area contributed by atoms with Crippen LogP contribution < -0.4 is 10.1 Å². The first kappa shape index (κ1) is 20.0. The molecule has 6 nitrogen and oxygen atoms in total. The van der Waals surface area contributed by atoms with Gasteiger partial charge in [0.15, 0.2) is 11.2 Å². The Balaban J connectivity index is 1.64. The van der Waals surface area contributed by atoms with Crippen LogP contribution in [0.1, 0.15) is 12.5 Å². The number of nitrogens with zero attached hydrogens (tertiary/aromatic N) is 4. The van der Waals surface area contributed by atoms with Gasteiger partial charge in [0.05, 0.1) is 18.5 Å². The Morgan fingerprint density at radius 1 is 1.00 bits per heavy atom. The van der Waals surface area contributed by atoms with Crippen LogP contribution in [0.15, 0.2) is 59.6 Å². The van der Waals surface area contributed by atoms with Gasteiger partial charge in [0, 0.05) is 17.0 Å². The van der Waals surface area contributed by atoms with E-state index in [-0.39, 0.29) is 5.82 Å². The number of hydrogen-bond donors (Lipinski definition) is 1. The highest BCUT2D eigenvalue weighted by Gasteiger charge is 2.13. The van der Waals surface area contributed by atoms with Crippen LogP contribution in [0.5, 0.6) is 5.88 Å². The highest BCUT2D eigenvalue weighted by molar-refractivity contribution is 7.98. The Morgan fingerprint density at radius 3 is 2.47 bits per heavy atom. The lowest BCUT2D eigenvalue weighted by atomic mass is 10.1. The van der Waals surface area contributed by atoms with E-state index in [2.05, 4.69) is 20.3 Å². The van der Waals surface area contributed by atoms with E-state index >= 15 is 0 Å². The number of thioether (sulfide) groups is 1. The van der Waals surface area contributed by atoms with Gasteiger partial charge in [0.2, 0.25) is 11.8 Å². The van der Waals surface area contributed by atoms with Gasteiger partial charge in [-0.05, 0) is 43.0 Å². The molecular weight excluding hydrogens is 401 g/mol. The van der Waals surface area contributed by atoms with Gasteiger partial charge in [-0.3, -0.25) is 0 Å². The topological polar surface area (TPSA) is 72.8 Å². The Morgan fingerprint density at radius 2 is 1.77 bits per heavy atom. The highest BCUT2D eigenvalue weighted by atomic mass is 32.2. The molecule has 0 atom stereocenters. The van der Waals surface area contributed by atoms with Gasteiger partial charge < -0.3 is 10.1 Å². The van der Waals surface area contributed by atoms with Crippen LogP contribution in [0.3, 0.4) is 0 Å². The summed E-state index contributed by atoms with van der Waals surface area (Å²) >= 11 is 1.69. The first-order valence-electron chi connectivity index (χ1n) is 9.46. The molecule has 0 bridgehead atoms. The van der Waals surface area contributed by atoms with Gasteiger partial charge in [-0.25, -0.2) is 14.4 Å². The maximum absolute atomic E-state index is 13.1. The minimum atomic E-state index is -0.270. The number of halogens is 1. The average Bonchev–Trinajstić information content (AvgIpc) is 2.79. The molecule has 8 heteroatoms. The van der Waals surface area contributed by atoms with Crippen LogP contribution in [0.25, 0.3) is 22.4 Å². The molecule has 2 heterocycles. The normalized spacial score (nSPS) is 10.9. The van der Waals surface area contributed by atoms with E-state index in [1.807, 2.05) is 37.4 Å². The molecule has 0 aliphatic rings. The van der Waals surface area contributed by atoms with E-state index < -0.39 is 0 Å². The smallest absolute Gasteiger partial charge is 0.247 e. The van der Waals surface area contributed by atoms with Crippen LogP contribution in [0, 0.1) is 5.82 Å². The number of anilines is 1. The van der Waals surface area contributed by atoms with Crippen LogP contribution in [0.4, 0.5) is 10.3 Å². The van der Waals surface area contributed by atoms with Gasteiger partial charge in [0.1, 0.15) is 5.82 Å². The molecule has 0 radical (unpaired) electrons. The van der Waals surface area contributed by atoms with Crippen molar-refractivity contribution in [2.45, 2.75) is 18.4 Å². The van der Waals surface area contributed by atoms with E-state index in [0.29, 0.717) is 36.1 Å². The van der Waals surface area contributed by atoms with Crippen LogP contribution in [-0.4, -0.2) is 32.8 Å². The maximum Gasteiger partial charge on any atom is 0.247 e. The van der Waals surface area contributed by atoms with Crippen molar-refractivity contribution in [2.24, 2.45) is 0 Å². The molecule has 0 saturated heterocycles. The van der Waals surface area contributed by atoms with E-state index in [9.17, 15) is 4.39 Å². The highest BCUT2D eigenvalue weighted by Crippen LogP contribution is 2.26. The summed E-state index contributed by atoms with van der Waals surface area (Å²) in [6, 6.07) is 14.4. The van der Waals surface area contributed by atoms with Crippen molar-refractivity contribution in [3.8, 4) is 17.1 Å². The third-order valence-corrected chi connectivity index (χ3v) is 5.15. The molecule has 1 N–H and O–H groups in total. The molecule has 0 fully saturated rings. The number of fused-ring (bicyclic) bond motifs is 1. The second kappa shape index (κ2) is 9.04. The number of nitrogens with one attached hydrogen (secondary N) is 1. The summed E-state index contributed by atoms with van der Waals surface area (Å²) in [7, 11) is 0. The summed E-state index contributed by atoms with van der Waals surface area (Å²) in [5.74, 6) is 0.481. The van der Waals surface area contributed by atoms with Crippen molar-refractivity contribution in [2.75, 3.05) is 18.2 Å². The molecule has 2 aromatic heterocycles. The van der Waals surface area contributed by atoms with Crippen molar-refractivity contribution in [1.82, 2.24) is 19.9 Å².